The summed E-state index contributed by atoms with van der Waals surface area (Å²) in [6.07, 6.45) is 8.46. The fourth-order valence-electron chi connectivity index (χ4n) is 5.00. The third-order valence-electron chi connectivity index (χ3n) is 6.81. The van der Waals surface area contributed by atoms with E-state index in [1.807, 2.05) is 23.6 Å². The number of hydrogen-bond donors (Lipinski definition) is 1. The van der Waals surface area contributed by atoms with Gasteiger partial charge in [0.05, 0.1) is 11.8 Å². The Morgan fingerprint density at radius 1 is 1.21 bits per heavy atom. The number of carbonyl (C=O) groups is 3. The van der Waals surface area contributed by atoms with Crippen LogP contribution in [0.2, 0.25) is 0 Å². The molecule has 2 atom stereocenters. The highest BCUT2D eigenvalue weighted by atomic mass is 16.2. The molecule has 29 heavy (non-hydrogen) atoms. The van der Waals surface area contributed by atoms with Gasteiger partial charge in [-0.1, -0.05) is 0 Å². The van der Waals surface area contributed by atoms with Gasteiger partial charge in [0.2, 0.25) is 11.8 Å². The van der Waals surface area contributed by atoms with Crippen LogP contribution in [0.1, 0.15) is 62.7 Å². The molecule has 3 heterocycles. The first-order chi connectivity index (χ1) is 14.0. The molecule has 8 heteroatoms. The third kappa shape index (κ3) is 3.89. The van der Waals surface area contributed by atoms with E-state index in [4.69, 9.17) is 0 Å². The smallest absolute Gasteiger partial charge is 0.254 e. The third-order valence-corrected chi connectivity index (χ3v) is 6.81. The van der Waals surface area contributed by atoms with Crippen molar-refractivity contribution < 1.29 is 14.4 Å². The molecule has 0 unspecified atom stereocenters. The van der Waals surface area contributed by atoms with Gasteiger partial charge in [-0.25, -0.2) is 0 Å². The molecule has 0 spiro atoms. The van der Waals surface area contributed by atoms with Crippen LogP contribution < -0.4 is 5.32 Å². The minimum atomic E-state index is -0.357. The first-order valence-electron chi connectivity index (χ1n) is 10.9. The summed E-state index contributed by atoms with van der Waals surface area (Å²) < 4.78 is 1.73. The fraction of sp³-hybridized carbons (Fsp3) is 0.714. The molecule has 0 radical (unpaired) electrons. The lowest BCUT2D eigenvalue weighted by Crippen LogP contribution is -2.61. The lowest BCUT2D eigenvalue weighted by atomic mass is 9.84. The number of aryl methyl sites for hydroxylation is 1. The highest BCUT2D eigenvalue weighted by molar-refractivity contribution is 5.94. The molecule has 0 bridgehead atoms. The zero-order chi connectivity index (χ0) is 20.5. The average molecular weight is 402 g/mol. The zero-order valence-electron chi connectivity index (χ0n) is 17.3. The van der Waals surface area contributed by atoms with Crippen molar-refractivity contribution in [3.63, 3.8) is 0 Å². The van der Waals surface area contributed by atoms with Crippen LogP contribution in [-0.4, -0.2) is 68.5 Å². The second kappa shape index (κ2) is 8.16. The van der Waals surface area contributed by atoms with Gasteiger partial charge < -0.3 is 15.1 Å². The number of fused-ring (bicyclic) bond motifs is 1. The van der Waals surface area contributed by atoms with Crippen LogP contribution in [-0.2, 0) is 16.1 Å². The molecule has 1 saturated carbocycles. The molecule has 3 amide bonds. The van der Waals surface area contributed by atoms with Gasteiger partial charge in [0.25, 0.3) is 5.91 Å². The second-order valence-electron chi connectivity index (χ2n) is 8.60. The topological polar surface area (TPSA) is 87.5 Å². The van der Waals surface area contributed by atoms with Crippen LogP contribution in [0.15, 0.2) is 12.4 Å². The van der Waals surface area contributed by atoms with E-state index in [1.165, 1.54) is 0 Å². The van der Waals surface area contributed by atoms with Crippen LogP contribution in [0.4, 0.5) is 0 Å². The van der Waals surface area contributed by atoms with E-state index in [2.05, 4.69) is 10.4 Å². The van der Waals surface area contributed by atoms with Crippen LogP contribution in [0, 0.1) is 5.92 Å². The predicted molar refractivity (Wildman–Crippen MR) is 107 cm³/mol. The standard InChI is InChI=1S/C21H31N5O3/c1-3-24-12-16(11-22-24)19(27)23-17-8-6-15(7-9-17)21(29)26-13-18-5-4-10-25(18)20(28)14(26)2/h11-12,14-15,17-18H,3-10,13H2,1-2H3,(H,23,27)/t14-,15?,17?,18-/m0/s1. The Hall–Kier alpha value is -2.38. The van der Waals surface area contributed by atoms with E-state index in [-0.39, 0.29) is 41.8 Å². The molecule has 1 aromatic rings. The van der Waals surface area contributed by atoms with Gasteiger partial charge >= 0.3 is 0 Å². The molecule has 4 rings (SSSR count). The lowest BCUT2D eigenvalue weighted by molar-refractivity contribution is -0.155. The average Bonchev–Trinajstić information content (AvgIpc) is 3.40. The van der Waals surface area contributed by atoms with Gasteiger partial charge in [0, 0.05) is 43.8 Å². The van der Waals surface area contributed by atoms with Crippen molar-refractivity contribution in [3.8, 4) is 0 Å². The molecular formula is C21H31N5O3. The van der Waals surface area contributed by atoms with Crippen LogP contribution in [0.5, 0.6) is 0 Å². The number of hydrogen-bond acceptors (Lipinski definition) is 4. The van der Waals surface area contributed by atoms with Gasteiger partial charge in [-0.15, -0.1) is 0 Å². The highest BCUT2D eigenvalue weighted by Crippen LogP contribution is 2.31. The summed E-state index contributed by atoms with van der Waals surface area (Å²) >= 11 is 0. The maximum absolute atomic E-state index is 13.1. The quantitative estimate of drug-likeness (QED) is 0.826. The van der Waals surface area contributed by atoms with Crippen molar-refractivity contribution in [1.29, 1.82) is 0 Å². The summed E-state index contributed by atoms with van der Waals surface area (Å²) in [5, 5.41) is 7.23. The van der Waals surface area contributed by atoms with E-state index in [1.54, 1.807) is 17.1 Å². The predicted octanol–water partition coefficient (Wildman–Crippen LogP) is 1.41. The summed E-state index contributed by atoms with van der Waals surface area (Å²) in [4.78, 5) is 41.9. The van der Waals surface area contributed by atoms with Gasteiger partial charge in [-0.05, 0) is 52.4 Å². The van der Waals surface area contributed by atoms with E-state index >= 15 is 0 Å². The summed E-state index contributed by atoms with van der Waals surface area (Å²) in [6, 6.07) is -0.0750. The van der Waals surface area contributed by atoms with E-state index < -0.39 is 0 Å². The number of amides is 3. The molecule has 2 saturated heterocycles. The number of rotatable bonds is 4. The Balaban J connectivity index is 1.30. The Kier molecular flexibility index (Phi) is 5.61. The minimum absolute atomic E-state index is 0.0470. The largest absolute Gasteiger partial charge is 0.349 e. The monoisotopic (exact) mass is 401 g/mol. The fourth-order valence-corrected chi connectivity index (χ4v) is 5.00. The van der Waals surface area contributed by atoms with Crippen LogP contribution >= 0.6 is 0 Å². The summed E-state index contributed by atoms with van der Waals surface area (Å²) in [7, 11) is 0. The molecule has 8 nitrogen and oxygen atoms in total. The maximum Gasteiger partial charge on any atom is 0.254 e. The van der Waals surface area contributed by atoms with Crippen molar-refractivity contribution in [2.24, 2.45) is 5.92 Å². The SMILES string of the molecule is CCn1cc(C(=O)NC2CCC(C(=O)N3C[C@@H]4CCCN4C(=O)[C@@H]3C)CC2)cn1. The van der Waals surface area contributed by atoms with Crippen LogP contribution in [0.3, 0.4) is 0 Å². The van der Waals surface area contributed by atoms with Crippen molar-refractivity contribution in [2.75, 3.05) is 13.1 Å². The molecule has 0 aromatic carbocycles. The molecule has 3 fully saturated rings. The minimum Gasteiger partial charge on any atom is -0.349 e. The number of aromatic nitrogens is 2. The normalized spacial score (nSPS) is 29.7. The lowest BCUT2D eigenvalue weighted by Gasteiger charge is -2.43. The van der Waals surface area contributed by atoms with Gasteiger partial charge in [0.1, 0.15) is 6.04 Å². The Bertz CT molecular complexity index is 783. The van der Waals surface area contributed by atoms with E-state index in [0.29, 0.717) is 12.1 Å². The molecular weight excluding hydrogens is 370 g/mol. The first kappa shape index (κ1) is 19.9. The molecule has 1 aromatic heterocycles. The van der Waals surface area contributed by atoms with E-state index in [0.717, 1.165) is 51.6 Å². The van der Waals surface area contributed by atoms with E-state index in [9.17, 15) is 14.4 Å². The molecule has 158 valence electrons. The van der Waals surface area contributed by atoms with Gasteiger partial charge in [-0.3, -0.25) is 19.1 Å². The zero-order valence-corrected chi connectivity index (χ0v) is 17.3. The number of nitrogens with one attached hydrogen (secondary N) is 1. The summed E-state index contributed by atoms with van der Waals surface area (Å²) in [5.41, 5.74) is 0.576. The van der Waals surface area contributed by atoms with Crippen molar-refractivity contribution >= 4 is 17.7 Å². The van der Waals surface area contributed by atoms with Crippen molar-refractivity contribution in [2.45, 2.75) is 77.0 Å². The summed E-state index contributed by atoms with van der Waals surface area (Å²) in [6.45, 7) is 6.07. The maximum atomic E-state index is 13.1. The molecule has 3 aliphatic rings. The number of nitrogens with zero attached hydrogens (tertiary/aromatic N) is 4. The Morgan fingerprint density at radius 3 is 2.66 bits per heavy atom. The molecule has 1 aliphatic carbocycles. The summed E-state index contributed by atoms with van der Waals surface area (Å²) in [5.74, 6) is 0.0670. The van der Waals surface area contributed by atoms with Crippen molar-refractivity contribution in [3.05, 3.63) is 18.0 Å². The van der Waals surface area contributed by atoms with Gasteiger partial charge in [-0.2, -0.15) is 5.10 Å². The Labute approximate surface area is 171 Å². The van der Waals surface area contributed by atoms with Crippen molar-refractivity contribution in [1.82, 2.24) is 24.9 Å². The van der Waals surface area contributed by atoms with Crippen LogP contribution in [0.25, 0.3) is 0 Å². The Morgan fingerprint density at radius 2 is 1.97 bits per heavy atom. The molecule has 2 aliphatic heterocycles. The first-order valence-corrected chi connectivity index (χ1v) is 10.9. The number of piperazine rings is 1. The number of carbonyl (C=O) groups excluding carboxylic acids is 3. The molecule has 1 N–H and O–H groups in total. The van der Waals surface area contributed by atoms with Gasteiger partial charge in [0.15, 0.2) is 0 Å². The second-order valence-corrected chi connectivity index (χ2v) is 8.60. The highest BCUT2D eigenvalue weighted by Gasteiger charge is 2.43.